The molecule has 0 aromatic heterocycles. The average Bonchev–Trinajstić information content (AvgIpc) is 2.57. The second-order valence-electron chi connectivity index (χ2n) is 5.35. The lowest BCUT2D eigenvalue weighted by molar-refractivity contribution is 0.303. The van der Waals surface area contributed by atoms with Crippen LogP contribution in [0, 0.1) is 17.8 Å². The van der Waals surface area contributed by atoms with Gasteiger partial charge in [0.25, 0.3) is 0 Å². The largest absolute Gasteiger partial charge is 0.0704 e. The van der Waals surface area contributed by atoms with Crippen molar-refractivity contribution in [2.75, 3.05) is 0 Å². The molecule has 3 unspecified atom stereocenters. The maximum atomic E-state index is 2.48. The van der Waals surface area contributed by atoms with E-state index < -0.39 is 0 Å². The molecule has 0 bridgehead atoms. The topological polar surface area (TPSA) is 0 Å². The minimum absolute atomic E-state index is 1.03. The molecule has 0 aromatic rings. The van der Waals surface area contributed by atoms with Gasteiger partial charge in [-0.25, -0.2) is 0 Å². The molecule has 72 valence electrons. The Labute approximate surface area is 81.4 Å². The molecule has 0 heterocycles. The van der Waals surface area contributed by atoms with Gasteiger partial charge in [-0.15, -0.1) is 0 Å². The first-order valence-electron chi connectivity index (χ1n) is 6.07. The van der Waals surface area contributed by atoms with Gasteiger partial charge in [0.1, 0.15) is 0 Å². The van der Waals surface area contributed by atoms with Crippen molar-refractivity contribution in [2.24, 2.45) is 17.8 Å². The van der Waals surface area contributed by atoms with Gasteiger partial charge in [-0.05, 0) is 49.9 Å². The van der Waals surface area contributed by atoms with Gasteiger partial charge in [-0.1, -0.05) is 30.9 Å². The molecule has 1 saturated carbocycles. The molecular weight excluding hydrogens is 156 g/mol. The molecule has 13 heavy (non-hydrogen) atoms. The maximum Gasteiger partial charge on any atom is -0.0166 e. The van der Waals surface area contributed by atoms with Crippen molar-refractivity contribution in [3.8, 4) is 0 Å². The number of rotatable bonds is 1. The van der Waals surface area contributed by atoms with E-state index in [1.807, 2.05) is 11.1 Å². The lowest BCUT2D eigenvalue weighted by Crippen LogP contribution is -2.18. The smallest absolute Gasteiger partial charge is 0.0166 e. The van der Waals surface area contributed by atoms with Crippen molar-refractivity contribution in [3.63, 3.8) is 0 Å². The average molecular weight is 176 g/mol. The van der Waals surface area contributed by atoms with Crippen LogP contribution in [0.2, 0.25) is 0 Å². The zero-order valence-electron chi connectivity index (χ0n) is 8.68. The van der Waals surface area contributed by atoms with E-state index in [2.05, 4.69) is 6.92 Å². The fraction of sp³-hybridized carbons (Fsp3) is 0.846. The first-order chi connectivity index (χ1) is 6.36. The minimum Gasteiger partial charge on any atom is -0.0704 e. The second-order valence-corrected chi connectivity index (χ2v) is 5.35. The first-order valence-corrected chi connectivity index (χ1v) is 6.07. The highest BCUT2D eigenvalue weighted by molar-refractivity contribution is 5.32. The predicted octanol–water partition coefficient (Wildman–Crippen LogP) is 3.92. The predicted molar refractivity (Wildman–Crippen MR) is 55.5 cm³/mol. The summed E-state index contributed by atoms with van der Waals surface area (Å²) >= 11 is 0. The Balaban J connectivity index is 1.79. The van der Waals surface area contributed by atoms with Crippen molar-refractivity contribution in [1.82, 2.24) is 0 Å². The van der Waals surface area contributed by atoms with Crippen LogP contribution < -0.4 is 0 Å². The maximum absolute atomic E-state index is 2.48. The molecule has 0 radical (unpaired) electrons. The summed E-state index contributed by atoms with van der Waals surface area (Å²) < 4.78 is 0. The van der Waals surface area contributed by atoms with E-state index in [0.717, 1.165) is 17.8 Å². The van der Waals surface area contributed by atoms with Crippen LogP contribution in [0.5, 0.6) is 0 Å². The van der Waals surface area contributed by atoms with Crippen molar-refractivity contribution in [2.45, 2.75) is 51.9 Å². The van der Waals surface area contributed by atoms with Crippen LogP contribution in [0.25, 0.3) is 0 Å². The van der Waals surface area contributed by atoms with E-state index in [-0.39, 0.29) is 0 Å². The summed E-state index contributed by atoms with van der Waals surface area (Å²) in [6.07, 6.45) is 10.4. The van der Waals surface area contributed by atoms with E-state index >= 15 is 0 Å². The Morgan fingerprint density at radius 3 is 2.46 bits per heavy atom. The Bertz CT molecular complexity index is 249. The van der Waals surface area contributed by atoms with Crippen LogP contribution in [0.3, 0.4) is 0 Å². The van der Waals surface area contributed by atoms with Crippen LogP contribution in [0.1, 0.15) is 51.9 Å². The fourth-order valence-electron chi connectivity index (χ4n) is 3.93. The summed E-state index contributed by atoms with van der Waals surface area (Å²) in [5.41, 5.74) is 3.78. The molecule has 3 rings (SSSR count). The molecule has 1 fully saturated rings. The third kappa shape index (κ3) is 1.11. The first kappa shape index (κ1) is 8.08. The lowest BCUT2D eigenvalue weighted by Gasteiger charge is -2.29. The number of allylic oxidation sites excluding steroid dienone is 2. The zero-order valence-corrected chi connectivity index (χ0v) is 8.68. The molecule has 0 amide bonds. The van der Waals surface area contributed by atoms with Crippen molar-refractivity contribution < 1.29 is 0 Å². The van der Waals surface area contributed by atoms with Crippen molar-refractivity contribution in [3.05, 3.63) is 11.1 Å². The van der Waals surface area contributed by atoms with E-state index in [4.69, 9.17) is 0 Å². The molecule has 3 atom stereocenters. The number of hydrogen-bond acceptors (Lipinski definition) is 0. The SMILES string of the molecule is CC1CCCC1C1CCC2=C1CC2. The van der Waals surface area contributed by atoms with Gasteiger partial charge in [-0.3, -0.25) is 0 Å². The lowest BCUT2D eigenvalue weighted by atomic mass is 9.76. The molecule has 0 saturated heterocycles. The van der Waals surface area contributed by atoms with Gasteiger partial charge in [0.2, 0.25) is 0 Å². The zero-order chi connectivity index (χ0) is 8.84. The fourth-order valence-corrected chi connectivity index (χ4v) is 3.93. The molecule has 0 spiro atoms. The van der Waals surface area contributed by atoms with Gasteiger partial charge in [0, 0.05) is 0 Å². The van der Waals surface area contributed by atoms with Crippen molar-refractivity contribution >= 4 is 0 Å². The van der Waals surface area contributed by atoms with Crippen LogP contribution >= 0.6 is 0 Å². The highest BCUT2D eigenvalue weighted by Gasteiger charge is 2.39. The summed E-state index contributed by atoms with van der Waals surface area (Å²) in [6, 6.07) is 0. The minimum atomic E-state index is 1.03. The van der Waals surface area contributed by atoms with Crippen LogP contribution in [0.4, 0.5) is 0 Å². The Morgan fingerprint density at radius 1 is 1.00 bits per heavy atom. The van der Waals surface area contributed by atoms with Crippen LogP contribution in [-0.4, -0.2) is 0 Å². The van der Waals surface area contributed by atoms with Gasteiger partial charge in [-0.2, -0.15) is 0 Å². The quantitative estimate of drug-likeness (QED) is 0.531. The molecule has 0 nitrogen and oxygen atoms in total. The Kier molecular flexibility index (Phi) is 1.78. The van der Waals surface area contributed by atoms with Crippen LogP contribution in [-0.2, 0) is 0 Å². The van der Waals surface area contributed by atoms with E-state index in [0.29, 0.717) is 0 Å². The molecule has 3 aliphatic rings. The molecule has 0 aliphatic heterocycles. The molecular formula is C13H20. The summed E-state index contributed by atoms with van der Waals surface area (Å²) in [4.78, 5) is 0. The summed E-state index contributed by atoms with van der Waals surface area (Å²) in [5.74, 6) is 3.14. The third-order valence-electron chi connectivity index (χ3n) is 4.80. The molecule has 3 aliphatic carbocycles. The van der Waals surface area contributed by atoms with Gasteiger partial charge in [0.15, 0.2) is 0 Å². The van der Waals surface area contributed by atoms with E-state index in [1.54, 1.807) is 0 Å². The summed E-state index contributed by atoms with van der Waals surface area (Å²) in [5, 5.41) is 0. The molecule has 0 N–H and O–H groups in total. The summed E-state index contributed by atoms with van der Waals surface area (Å²) in [6.45, 7) is 2.48. The van der Waals surface area contributed by atoms with Gasteiger partial charge in [0.05, 0.1) is 0 Å². The van der Waals surface area contributed by atoms with Crippen LogP contribution in [0.15, 0.2) is 11.1 Å². The summed E-state index contributed by atoms with van der Waals surface area (Å²) in [7, 11) is 0. The standard InChI is InChI=1S/C13H20/c1-9-3-2-4-11(9)13-8-6-10-5-7-12(10)13/h9,11,13H,2-8H2,1H3. The highest BCUT2D eigenvalue weighted by atomic mass is 14.4. The Morgan fingerprint density at radius 2 is 1.92 bits per heavy atom. The molecule has 0 aromatic carbocycles. The second kappa shape index (κ2) is 2.87. The monoisotopic (exact) mass is 176 g/mol. The normalized spacial score (nSPS) is 43.6. The molecule has 0 heteroatoms. The third-order valence-corrected chi connectivity index (χ3v) is 4.80. The van der Waals surface area contributed by atoms with Gasteiger partial charge < -0.3 is 0 Å². The number of hydrogen-bond donors (Lipinski definition) is 0. The van der Waals surface area contributed by atoms with Crippen molar-refractivity contribution in [1.29, 1.82) is 0 Å². The van der Waals surface area contributed by atoms with E-state index in [9.17, 15) is 0 Å². The highest BCUT2D eigenvalue weighted by Crippen LogP contribution is 2.52. The van der Waals surface area contributed by atoms with E-state index in [1.165, 1.54) is 44.9 Å². The van der Waals surface area contributed by atoms with Gasteiger partial charge >= 0.3 is 0 Å². The Hall–Kier alpha value is -0.260.